The zero-order valence-corrected chi connectivity index (χ0v) is 19.2. The third-order valence-corrected chi connectivity index (χ3v) is 5.92. The molecule has 0 aliphatic heterocycles. The SMILES string of the molecule is O=C(c1cnc(-c2ccncc2)o1)c1c(C(F)(F)F)n(Cc2ccc(Cl)cc2)c2ccc(Cl)cc12. The molecule has 5 rings (SSSR count). The van der Waals surface area contributed by atoms with Crippen LogP contribution in [-0.4, -0.2) is 20.3 Å². The number of alkyl halides is 3. The molecule has 35 heavy (non-hydrogen) atoms. The number of hydrogen-bond acceptors (Lipinski definition) is 4. The minimum atomic E-state index is -4.85. The number of ketones is 1. The molecule has 5 aromatic rings. The molecule has 0 aliphatic rings. The number of fused-ring (bicyclic) bond motifs is 1. The van der Waals surface area contributed by atoms with Crippen molar-refractivity contribution in [2.75, 3.05) is 0 Å². The van der Waals surface area contributed by atoms with E-state index < -0.39 is 23.2 Å². The van der Waals surface area contributed by atoms with E-state index >= 15 is 0 Å². The highest BCUT2D eigenvalue weighted by Crippen LogP contribution is 2.41. The molecule has 0 atom stereocenters. The van der Waals surface area contributed by atoms with Crippen molar-refractivity contribution in [3.05, 3.63) is 106 Å². The Balaban J connectivity index is 1.70. The maximum Gasteiger partial charge on any atom is 0.432 e. The van der Waals surface area contributed by atoms with E-state index in [1.165, 1.54) is 30.6 Å². The Morgan fingerprint density at radius 1 is 0.971 bits per heavy atom. The van der Waals surface area contributed by atoms with Gasteiger partial charge in [0.2, 0.25) is 11.7 Å². The van der Waals surface area contributed by atoms with Crippen molar-refractivity contribution < 1.29 is 22.4 Å². The van der Waals surface area contributed by atoms with Crippen LogP contribution >= 0.6 is 23.2 Å². The van der Waals surface area contributed by atoms with E-state index in [2.05, 4.69) is 9.97 Å². The van der Waals surface area contributed by atoms with Crippen LogP contribution < -0.4 is 0 Å². The lowest BCUT2D eigenvalue weighted by molar-refractivity contribution is -0.143. The fraction of sp³-hybridized carbons (Fsp3) is 0.0800. The van der Waals surface area contributed by atoms with Crippen LogP contribution in [-0.2, 0) is 12.7 Å². The van der Waals surface area contributed by atoms with Crippen LogP contribution in [0.2, 0.25) is 10.0 Å². The highest BCUT2D eigenvalue weighted by molar-refractivity contribution is 6.32. The highest BCUT2D eigenvalue weighted by atomic mass is 35.5. The van der Waals surface area contributed by atoms with Gasteiger partial charge >= 0.3 is 6.18 Å². The van der Waals surface area contributed by atoms with Crippen LogP contribution in [0.5, 0.6) is 0 Å². The fourth-order valence-corrected chi connectivity index (χ4v) is 4.22. The number of aromatic nitrogens is 3. The molecule has 176 valence electrons. The first-order valence-corrected chi connectivity index (χ1v) is 11.0. The topological polar surface area (TPSA) is 60.9 Å². The van der Waals surface area contributed by atoms with Crippen molar-refractivity contribution in [2.45, 2.75) is 12.7 Å². The second kappa shape index (κ2) is 8.87. The van der Waals surface area contributed by atoms with Gasteiger partial charge in [0.1, 0.15) is 5.69 Å². The van der Waals surface area contributed by atoms with Gasteiger partial charge in [0.05, 0.1) is 11.8 Å². The van der Waals surface area contributed by atoms with Gasteiger partial charge < -0.3 is 8.98 Å². The first-order valence-electron chi connectivity index (χ1n) is 10.3. The molecular formula is C25H14Cl2F3N3O2. The molecule has 0 fully saturated rings. The third-order valence-electron chi connectivity index (χ3n) is 5.43. The van der Waals surface area contributed by atoms with Crippen molar-refractivity contribution in [3.8, 4) is 11.5 Å². The second-order valence-corrected chi connectivity index (χ2v) is 8.56. The average Bonchev–Trinajstić information content (AvgIpc) is 3.44. The summed E-state index contributed by atoms with van der Waals surface area (Å²) in [5.74, 6) is -1.19. The van der Waals surface area contributed by atoms with E-state index in [0.29, 0.717) is 16.1 Å². The van der Waals surface area contributed by atoms with Crippen LogP contribution in [0, 0.1) is 0 Å². The summed E-state index contributed by atoms with van der Waals surface area (Å²) in [6.07, 6.45) is -0.716. The number of hydrogen-bond donors (Lipinski definition) is 0. The molecule has 10 heteroatoms. The van der Waals surface area contributed by atoms with Crippen molar-refractivity contribution in [1.29, 1.82) is 0 Å². The predicted molar refractivity (Wildman–Crippen MR) is 126 cm³/mol. The highest BCUT2D eigenvalue weighted by Gasteiger charge is 2.42. The van der Waals surface area contributed by atoms with Crippen molar-refractivity contribution >= 4 is 39.9 Å². The van der Waals surface area contributed by atoms with Crippen molar-refractivity contribution in [2.24, 2.45) is 0 Å². The van der Waals surface area contributed by atoms with Gasteiger partial charge in [0, 0.05) is 45.5 Å². The summed E-state index contributed by atoms with van der Waals surface area (Å²) in [6.45, 7) is -0.143. The van der Waals surface area contributed by atoms with Gasteiger partial charge in [0.15, 0.2) is 5.76 Å². The molecule has 0 bridgehead atoms. The standard InChI is InChI=1S/C25H14Cl2F3N3O2/c26-16-3-1-14(2-4-16)13-33-19-6-5-17(27)11-18(19)21(23(33)25(28,29)30)22(34)20-12-32-24(35-20)15-7-9-31-10-8-15/h1-12H,13H2. The average molecular weight is 516 g/mol. The van der Waals surface area contributed by atoms with Gasteiger partial charge in [-0.2, -0.15) is 13.2 Å². The minimum Gasteiger partial charge on any atom is -0.433 e. The van der Waals surface area contributed by atoms with Gasteiger partial charge in [-0.25, -0.2) is 4.98 Å². The van der Waals surface area contributed by atoms with Crippen LogP contribution in [0.15, 0.2) is 77.6 Å². The van der Waals surface area contributed by atoms with Crippen LogP contribution in [0.3, 0.4) is 0 Å². The van der Waals surface area contributed by atoms with E-state index in [1.807, 2.05) is 0 Å². The van der Waals surface area contributed by atoms with Crippen LogP contribution in [0.25, 0.3) is 22.4 Å². The quantitative estimate of drug-likeness (QED) is 0.230. The Morgan fingerprint density at radius 2 is 1.66 bits per heavy atom. The molecule has 0 N–H and O–H groups in total. The largest absolute Gasteiger partial charge is 0.433 e. The number of halogens is 5. The van der Waals surface area contributed by atoms with E-state index in [1.54, 1.807) is 36.4 Å². The third kappa shape index (κ3) is 4.42. The Morgan fingerprint density at radius 3 is 2.34 bits per heavy atom. The summed E-state index contributed by atoms with van der Waals surface area (Å²) in [7, 11) is 0. The summed E-state index contributed by atoms with van der Waals surface area (Å²) < 4.78 is 50.1. The van der Waals surface area contributed by atoms with Gasteiger partial charge in [0.25, 0.3) is 0 Å². The normalized spacial score (nSPS) is 11.8. The lowest BCUT2D eigenvalue weighted by atomic mass is 10.0. The molecule has 0 spiro atoms. The maximum absolute atomic E-state index is 14.5. The van der Waals surface area contributed by atoms with Crippen molar-refractivity contribution in [3.63, 3.8) is 0 Å². The Bertz CT molecular complexity index is 1540. The summed E-state index contributed by atoms with van der Waals surface area (Å²) in [4.78, 5) is 21.4. The van der Waals surface area contributed by atoms with Gasteiger partial charge in [-0.1, -0.05) is 35.3 Å². The molecule has 3 aromatic heterocycles. The smallest absolute Gasteiger partial charge is 0.432 e. The molecule has 5 nitrogen and oxygen atoms in total. The van der Waals surface area contributed by atoms with E-state index in [9.17, 15) is 18.0 Å². The number of pyridine rings is 1. The predicted octanol–water partition coefficient (Wildman–Crippen LogP) is 7.30. The zero-order valence-electron chi connectivity index (χ0n) is 17.7. The Labute approximate surface area is 206 Å². The van der Waals surface area contributed by atoms with E-state index in [4.69, 9.17) is 27.6 Å². The lowest BCUT2D eigenvalue weighted by Gasteiger charge is -2.14. The molecule has 0 radical (unpaired) electrons. The molecular weight excluding hydrogens is 502 g/mol. The summed E-state index contributed by atoms with van der Waals surface area (Å²) in [5, 5.41) is 0.713. The second-order valence-electron chi connectivity index (χ2n) is 7.69. The van der Waals surface area contributed by atoms with E-state index in [-0.39, 0.29) is 34.1 Å². The first kappa shape index (κ1) is 23.1. The lowest BCUT2D eigenvalue weighted by Crippen LogP contribution is -2.18. The number of oxazole rings is 1. The number of rotatable bonds is 5. The number of carbonyl (C=O) groups is 1. The fourth-order valence-electron chi connectivity index (χ4n) is 3.92. The van der Waals surface area contributed by atoms with Gasteiger partial charge in [-0.3, -0.25) is 9.78 Å². The number of carbonyl (C=O) groups excluding carboxylic acids is 1. The minimum absolute atomic E-state index is 0.0608. The van der Waals surface area contributed by atoms with Gasteiger partial charge in [-0.05, 0) is 48.0 Å². The molecule has 0 saturated heterocycles. The number of nitrogens with zero attached hydrogens (tertiary/aromatic N) is 3. The first-order chi connectivity index (χ1) is 16.7. The molecule has 0 aliphatic carbocycles. The number of benzene rings is 2. The maximum atomic E-state index is 14.5. The summed E-state index contributed by atoms with van der Waals surface area (Å²) in [5.41, 5.74) is -0.347. The van der Waals surface area contributed by atoms with Crippen molar-refractivity contribution in [1.82, 2.24) is 14.5 Å². The Hall–Kier alpha value is -3.62. The summed E-state index contributed by atoms with van der Waals surface area (Å²) >= 11 is 12.0. The van der Waals surface area contributed by atoms with Gasteiger partial charge in [-0.15, -0.1) is 0 Å². The van der Waals surface area contributed by atoms with Crippen LogP contribution in [0.4, 0.5) is 13.2 Å². The Kier molecular flexibility index (Phi) is 5.86. The molecule has 0 unspecified atom stereocenters. The molecule has 2 aromatic carbocycles. The van der Waals surface area contributed by atoms with Crippen LogP contribution in [0.1, 0.15) is 27.4 Å². The summed E-state index contributed by atoms with van der Waals surface area (Å²) in [6, 6.07) is 13.9. The monoisotopic (exact) mass is 515 g/mol. The molecule has 0 saturated carbocycles. The van der Waals surface area contributed by atoms with E-state index in [0.717, 1.165) is 10.8 Å². The molecule has 3 heterocycles. The molecule has 0 amide bonds. The zero-order chi connectivity index (χ0) is 24.7.